The number of thiazole rings is 1. The van der Waals surface area contributed by atoms with Gasteiger partial charge in [0, 0.05) is 30.0 Å². The summed E-state index contributed by atoms with van der Waals surface area (Å²) in [6.07, 6.45) is 6.16. The Morgan fingerprint density at radius 1 is 1.03 bits per heavy atom. The van der Waals surface area contributed by atoms with Crippen molar-refractivity contribution in [2.45, 2.75) is 76.5 Å². The maximum Gasteiger partial charge on any atom is 0.0964 e. The second-order valence-electron chi connectivity index (χ2n) is 11.6. The molecule has 2 atom stereocenters. The molecule has 2 aromatic rings. The summed E-state index contributed by atoms with van der Waals surface area (Å²) in [4.78, 5) is 7.74. The molecule has 1 N–H and O–H groups in total. The van der Waals surface area contributed by atoms with Crippen LogP contribution in [-0.4, -0.2) is 41.2 Å². The van der Waals surface area contributed by atoms with E-state index in [1.807, 2.05) is 11.3 Å². The fraction of sp³-hybridized carbons (Fsp3) is 0.667. The van der Waals surface area contributed by atoms with Crippen molar-refractivity contribution < 1.29 is 5.11 Å². The molecule has 1 saturated heterocycles. The van der Waals surface area contributed by atoms with Gasteiger partial charge in [0.2, 0.25) is 0 Å². The zero-order valence-corrected chi connectivity index (χ0v) is 20.5. The summed E-state index contributed by atoms with van der Waals surface area (Å²) in [6, 6.07) is 7.11. The van der Waals surface area contributed by atoms with Crippen LogP contribution in [0.4, 0.5) is 0 Å². The normalized spacial score (nSPS) is 27.8. The maximum absolute atomic E-state index is 9.29. The monoisotopic (exact) mass is 438 g/mol. The van der Waals surface area contributed by atoms with Gasteiger partial charge in [0.25, 0.3) is 0 Å². The maximum atomic E-state index is 9.29. The fourth-order valence-electron chi connectivity index (χ4n) is 5.81. The van der Waals surface area contributed by atoms with E-state index in [9.17, 15) is 5.11 Å². The molecule has 2 aliphatic carbocycles. The molecular weight excluding hydrogens is 400 g/mol. The van der Waals surface area contributed by atoms with E-state index in [1.54, 1.807) is 0 Å². The number of aromatic nitrogens is 1. The Kier molecular flexibility index (Phi) is 5.55. The third kappa shape index (κ3) is 4.24. The quantitative estimate of drug-likeness (QED) is 0.625. The van der Waals surface area contributed by atoms with Gasteiger partial charge in [-0.1, -0.05) is 39.8 Å². The third-order valence-corrected chi connectivity index (χ3v) is 9.41. The van der Waals surface area contributed by atoms with Gasteiger partial charge >= 0.3 is 0 Å². The van der Waals surface area contributed by atoms with Crippen LogP contribution in [0.15, 0.2) is 23.6 Å². The number of hydrogen-bond donors (Lipinski definition) is 1. The SMILES string of the molecule is CC1(C)CCC(C)(C)c2cc(-c3csc(C4CCN(CC5CC5CO)CC4)n3)ccc21. The first-order valence-electron chi connectivity index (χ1n) is 12.2. The number of rotatable bonds is 5. The zero-order valence-electron chi connectivity index (χ0n) is 19.7. The summed E-state index contributed by atoms with van der Waals surface area (Å²) in [5.74, 6) is 1.92. The lowest BCUT2D eigenvalue weighted by Gasteiger charge is -2.42. The van der Waals surface area contributed by atoms with Crippen molar-refractivity contribution in [1.29, 1.82) is 0 Å². The van der Waals surface area contributed by atoms with Crippen molar-refractivity contribution in [3.05, 3.63) is 39.7 Å². The van der Waals surface area contributed by atoms with Crippen LogP contribution in [0.25, 0.3) is 11.3 Å². The molecule has 3 aliphatic rings. The summed E-state index contributed by atoms with van der Waals surface area (Å²) in [5, 5.41) is 12.9. The van der Waals surface area contributed by atoms with E-state index >= 15 is 0 Å². The summed E-state index contributed by atoms with van der Waals surface area (Å²) in [5.41, 5.74) is 5.99. The molecule has 4 heteroatoms. The number of aliphatic hydroxyl groups excluding tert-OH is 1. The predicted molar refractivity (Wildman–Crippen MR) is 130 cm³/mol. The second-order valence-corrected chi connectivity index (χ2v) is 12.5. The zero-order chi connectivity index (χ0) is 21.8. The molecule has 168 valence electrons. The summed E-state index contributed by atoms with van der Waals surface area (Å²) in [6.45, 7) is 13.5. The lowest BCUT2D eigenvalue weighted by molar-refractivity contribution is 0.193. The topological polar surface area (TPSA) is 36.4 Å². The highest BCUT2D eigenvalue weighted by Gasteiger charge is 2.39. The van der Waals surface area contributed by atoms with Crippen LogP contribution < -0.4 is 0 Å². The van der Waals surface area contributed by atoms with E-state index < -0.39 is 0 Å². The number of nitrogens with zero attached hydrogens (tertiary/aromatic N) is 2. The van der Waals surface area contributed by atoms with Gasteiger partial charge in [-0.05, 0) is 85.1 Å². The number of hydrogen-bond acceptors (Lipinski definition) is 4. The van der Waals surface area contributed by atoms with E-state index in [0.29, 0.717) is 18.4 Å². The third-order valence-electron chi connectivity index (χ3n) is 8.40. The lowest BCUT2D eigenvalue weighted by atomic mass is 9.63. The molecule has 5 rings (SSSR count). The van der Waals surface area contributed by atoms with Crippen molar-refractivity contribution >= 4 is 11.3 Å². The average molecular weight is 439 g/mol. The first kappa shape index (κ1) is 21.6. The first-order chi connectivity index (χ1) is 14.8. The van der Waals surface area contributed by atoms with Crippen molar-refractivity contribution in [3.63, 3.8) is 0 Å². The van der Waals surface area contributed by atoms with Crippen LogP contribution in [0.3, 0.4) is 0 Å². The lowest BCUT2D eigenvalue weighted by Crippen LogP contribution is -2.34. The molecule has 0 bridgehead atoms. The van der Waals surface area contributed by atoms with E-state index in [0.717, 1.165) is 11.6 Å². The molecule has 0 spiro atoms. The van der Waals surface area contributed by atoms with Gasteiger partial charge in [0.05, 0.1) is 10.7 Å². The van der Waals surface area contributed by atoms with Gasteiger partial charge in [-0.2, -0.15) is 0 Å². The molecule has 3 nitrogen and oxygen atoms in total. The van der Waals surface area contributed by atoms with Gasteiger partial charge in [-0.15, -0.1) is 11.3 Å². The van der Waals surface area contributed by atoms with E-state index in [1.165, 1.54) is 73.4 Å². The van der Waals surface area contributed by atoms with Gasteiger partial charge in [0.15, 0.2) is 0 Å². The Morgan fingerprint density at radius 2 is 1.74 bits per heavy atom. The Balaban J connectivity index is 1.28. The Morgan fingerprint density at radius 3 is 2.42 bits per heavy atom. The van der Waals surface area contributed by atoms with Crippen LogP contribution in [-0.2, 0) is 10.8 Å². The molecule has 0 amide bonds. The average Bonchev–Trinajstić information content (AvgIpc) is 3.32. The molecule has 2 unspecified atom stereocenters. The molecule has 0 radical (unpaired) electrons. The summed E-state index contributed by atoms with van der Waals surface area (Å²) < 4.78 is 0. The summed E-state index contributed by atoms with van der Waals surface area (Å²) in [7, 11) is 0. The minimum absolute atomic E-state index is 0.239. The number of aliphatic hydroxyl groups is 1. The van der Waals surface area contributed by atoms with Crippen LogP contribution in [0.1, 0.15) is 81.9 Å². The van der Waals surface area contributed by atoms with Crippen LogP contribution in [0, 0.1) is 11.8 Å². The van der Waals surface area contributed by atoms with Gasteiger partial charge in [-0.25, -0.2) is 4.98 Å². The Bertz CT molecular complexity index is 938. The van der Waals surface area contributed by atoms with Gasteiger partial charge in [0.1, 0.15) is 0 Å². The van der Waals surface area contributed by atoms with Gasteiger partial charge in [-0.3, -0.25) is 0 Å². The van der Waals surface area contributed by atoms with Crippen molar-refractivity contribution in [2.24, 2.45) is 11.8 Å². The molecule has 1 aromatic carbocycles. The standard InChI is InChI=1S/C27H38N2OS/c1-26(2)9-10-27(3,4)23-14-19(5-6-22(23)26)24-17-31-25(28-24)18-7-11-29(12-8-18)15-20-13-21(20)16-30/h5-6,14,17-18,20-21,30H,7-13,15-16H2,1-4H3. The smallest absolute Gasteiger partial charge is 0.0964 e. The van der Waals surface area contributed by atoms with Gasteiger partial charge < -0.3 is 10.0 Å². The van der Waals surface area contributed by atoms with Crippen LogP contribution >= 0.6 is 11.3 Å². The number of piperidine rings is 1. The van der Waals surface area contributed by atoms with E-state index in [2.05, 4.69) is 56.2 Å². The minimum atomic E-state index is 0.239. The highest BCUT2D eigenvalue weighted by Crippen LogP contribution is 2.47. The highest BCUT2D eigenvalue weighted by molar-refractivity contribution is 7.10. The number of likely N-dealkylation sites (tertiary alicyclic amines) is 1. The number of fused-ring (bicyclic) bond motifs is 1. The predicted octanol–water partition coefficient (Wildman–Crippen LogP) is 5.97. The Hall–Kier alpha value is -1.23. The van der Waals surface area contributed by atoms with Crippen molar-refractivity contribution in [2.75, 3.05) is 26.2 Å². The second kappa shape index (κ2) is 7.97. The minimum Gasteiger partial charge on any atom is -0.396 e. The fourth-order valence-corrected chi connectivity index (χ4v) is 6.81. The van der Waals surface area contributed by atoms with Crippen molar-refractivity contribution in [3.8, 4) is 11.3 Å². The van der Waals surface area contributed by atoms with Crippen LogP contribution in [0.5, 0.6) is 0 Å². The number of benzene rings is 1. The molecule has 1 aliphatic heterocycles. The van der Waals surface area contributed by atoms with E-state index in [4.69, 9.17) is 4.98 Å². The molecule has 2 heterocycles. The van der Waals surface area contributed by atoms with Crippen molar-refractivity contribution in [1.82, 2.24) is 9.88 Å². The largest absolute Gasteiger partial charge is 0.396 e. The highest BCUT2D eigenvalue weighted by atomic mass is 32.1. The molecule has 31 heavy (non-hydrogen) atoms. The summed E-state index contributed by atoms with van der Waals surface area (Å²) >= 11 is 1.86. The molecule has 1 aromatic heterocycles. The Labute approximate surface area is 191 Å². The van der Waals surface area contributed by atoms with E-state index in [-0.39, 0.29) is 10.8 Å². The molecule has 2 fully saturated rings. The first-order valence-corrected chi connectivity index (χ1v) is 13.1. The molecule has 1 saturated carbocycles. The van der Waals surface area contributed by atoms with Crippen LogP contribution in [0.2, 0.25) is 0 Å². The molecular formula is C27H38N2OS.